The number of hydrogen-bond acceptors (Lipinski definition) is 6. The summed E-state index contributed by atoms with van der Waals surface area (Å²) in [6, 6.07) is 10.3. The molecule has 0 saturated carbocycles. The SMILES string of the molecule is CC(C)c1ncc2c(n1)CCN(Cc1ccc(-c3cccc([N+](=O)[O-])c3)o1)C2. The maximum absolute atomic E-state index is 11.0. The van der Waals surface area contributed by atoms with E-state index >= 15 is 0 Å². The van der Waals surface area contributed by atoms with E-state index in [0.29, 0.717) is 23.8 Å². The molecule has 1 aliphatic heterocycles. The second kappa shape index (κ2) is 7.52. The van der Waals surface area contributed by atoms with Crippen molar-refractivity contribution < 1.29 is 9.34 Å². The van der Waals surface area contributed by atoms with Crippen LogP contribution in [0.15, 0.2) is 47.0 Å². The zero-order chi connectivity index (χ0) is 19.7. The fourth-order valence-corrected chi connectivity index (χ4v) is 3.41. The highest BCUT2D eigenvalue weighted by Crippen LogP contribution is 2.27. The van der Waals surface area contributed by atoms with Gasteiger partial charge < -0.3 is 4.42 Å². The Kier molecular flexibility index (Phi) is 4.92. The van der Waals surface area contributed by atoms with Gasteiger partial charge in [-0.25, -0.2) is 9.97 Å². The molecule has 3 heterocycles. The highest BCUT2D eigenvalue weighted by Gasteiger charge is 2.20. The summed E-state index contributed by atoms with van der Waals surface area (Å²) in [6.45, 7) is 6.59. The van der Waals surface area contributed by atoms with Crippen LogP contribution in [0.2, 0.25) is 0 Å². The second-order valence-corrected chi connectivity index (χ2v) is 7.39. The molecule has 1 aromatic carbocycles. The highest BCUT2D eigenvalue weighted by molar-refractivity contribution is 5.61. The van der Waals surface area contributed by atoms with E-state index in [4.69, 9.17) is 9.40 Å². The van der Waals surface area contributed by atoms with E-state index in [2.05, 4.69) is 23.7 Å². The lowest BCUT2D eigenvalue weighted by atomic mass is 10.1. The molecule has 28 heavy (non-hydrogen) atoms. The molecule has 2 aromatic heterocycles. The van der Waals surface area contributed by atoms with Crippen LogP contribution in [0.4, 0.5) is 5.69 Å². The number of fused-ring (bicyclic) bond motifs is 1. The lowest BCUT2D eigenvalue weighted by molar-refractivity contribution is -0.384. The first-order chi connectivity index (χ1) is 13.5. The zero-order valence-corrected chi connectivity index (χ0v) is 16.0. The summed E-state index contributed by atoms with van der Waals surface area (Å²) in [7, 11) is 0. The molecule has 0 N–H and O–H groups in total. The Labute approximate surface area is 163 Å². The van der Waals surface area contributed by atoms with Crippen molar-refractivity contribution in [3.63, 3.8) is 0 Å². The molecule has 0 radical (unpaired) electrons. The lowest BCUT2D eigenvalue weighted by Gasteiger charge is -2.27. The topological polar surface area (TPSA) is 85.3 Å². The normalized spacial score (nSPS) is 14.2. The minimum absolute atomic E-state index is 0.0591. The molecule has 3 aromatic rings. The molecule has 0 saturated heterocycles. The first-order valence-corrected chi connectivity index (χ1v) is 9.40. The standard InChI is InChI=1S/C21H22N4O3/c1-14(2)21-22-11-16-12-24(9-8-19(16)23-21)13-18-6-7-20(28-18)15-4-3-5-17(10-15)25(26)27/h3-7,10-11,14H,8-9,12-13H2,1-2H3. The van der Waals surface area contributed by atoms with Crippen LogP contribution in [0.25, 0.3) is 11.3 Å². The van der Waals surface area contributed by atoms with Gasteiger partial charge in [0.15, 0.2) is 0 Å². The van der Waals surface area contributed by atoms with Crippen molar-refractivity contribution >= 4 is 5.69 Å². The lowest BCUT2D eigenvalue weighted by Crippen LogP contribution is -2.31. The van der Waals surface area contributed by atoms with E-state index in [-0.39, 0.29) is 5.69 Å². The maximum atomic E-state index is 11.0. The van der Waals surface area contributed by atoms with Gasteiger partial charge in [0.2, 0.25) is 0 Å². The van der Waals surface area contributed by atoms with E-state index in [0.717, 1.165) is 36.8 Å². The van der Waals surface area contributed by atoms with E-state index < -0.39 is 4.92 Å². The van der Waals surface area contributed by atoms with E-state index in [1.54, 1.807) is 6.07 Å². The molecular formula is C21H22N4O3. The molecule has 4 rings (SSSR count). The second-order valence-electron chi connectivity index (χ2n) is 7.39. The molecule has 144 valence electrons. The minimum atomic E-state index is -0.398. The van der Waals surface area contributed by atoms with Gasteiger partial charge in [0.25, 0.3) is 5.69 Å². The largest absolute Gasteiger partial charge is 0.460 e. The van der Waals surface area contributed by atoms with E-state index in [1.165, 1.54) is 17.7 Å². The summed E-state index contributed by atoms with van der Waals surface area (Å²) in [5, 5.41) is 11.0. The summed E-state index contributed by atoms with van der Waals surface area (Å²) in [5.74, 6) is 2.71. The predicted molar refractivity (Wildman–Crippen MR) is 105 cm³/mol. The molecule has 0 amide bonds. The Morgan fingerprint density at radius 1 is 1.29 bits per heavy atom. The molecule has 0 spiro atoms. The third kappa shape index (κ3) is 3.80. The molecular weight excluding hydrogens is 356 g/mol. The van der Waals surface area contributed by atoms with Gasteiger partial charge in [-0.1, -0.05) is 26.0 Å². The van der Waals surface area contributed by atoms with Crippen molar-refractivity contribution in [3.05, 3.63) is 75.6 Å². The Hall–Kier alpha value is -3.06. The van der Waals surface area contributed by atoms with Gasteiger partial charge in [0.05, 0.1) is 11.5 Å². The van der Waals surface area contributed by atoms with Gasteiger partial charge in [-0.15, -0.1) is 0 Å². The maximum Gasteiger partial charge on any atom is 0.270 e. The van der Waals surface area contributed by atoms with Crippen molar-refractivity contribution in [3.8, 4) is 11.3 Å². The first-order valence-electron chi connectivity index (χ1n) is 9.40. The number of hydrogen-bond donors (Lipinski definition) is 0. The summed E-state index contributed by atoms with van der Waals surface area (Å²) in [6.07, 6.45) is 2.84. The van der Waals surface area contributed by atoms with E-state index in [1.807, 2.05) is 24.4 Å². The number of nitrogens with zero attached hydrogens (tertiary/aromatic N) is 4. The quantitative estimate of drug-likeness (QED) is 0.485. The van der Waals surface area contributed by atoms with Gasteiger partial charge in [-0.2, -0.15) is 0 Å². The van der Waals surface area contributed by atoms with Crippen LogP contribution in [-0.4, -0.2) is 26.3 Å². The fourth-order valence-electron chi connectivity index (χ4n) is 3.41. The highest BCUT2D eigenvalue weighted by atomic mass is 16.6. The Bertz CT molecular complexity index is 1010. The van der Waals surface area contributed by atoms with Gasteiger partial charge in [0.1, 0.15) is 17.3 Å². The number of nitro groups is 1. The number of benzene rings is 1. The Morgan fingerprint density at radius 3 is 2.93 bits per heavy atom. The van der Waals surface area contributed by atoms with Crippen LogP contribution < -0.4 is 0 Å². The zero-order valence-electron chi connectivity index (χ0n) is 16.0. The third-order valence-electron chi connectivity index (χ3n) is 4.93. The summed E-state index contributed by atoms with van der Waals surface area (Å²) in [5.41, 5.74) is 3.08. The Balaban J connectivity index is 1.46. The van der Waals surface area contributed by atoms with Gasteiger partial charge >= 0.3 is 0 Å². The van der Waals surface area contributed by atoms with Crippen molar-refractivity contribution in [1.82, 2.24) is 14.9 Å². The van der Waals surface area contributed by atoms with Crippen LogP contribution >= 0.6 is 0 Å². The molecule has 0 fully saturated rings. The van der Waals surface area contributed by atoms with Gasteiger partial charge in [0, 0.05) is 60.6 Å². The van der Waals surface area contributed by atoms with Crippen molar-refractivity contribution in [2.45, 2.75) is 39.3 Å². The predicted octanol–water partition coefficient (Wildman–Crippen LogP) is 4.33. The van der Waals surface area contributed by atoms with Crippen molar-refractivity contribution in [2.24, 2.45) is 0 Å². The molecule has 0 atom stereocenters. The van der Waals surface area contributed by atoms with Crippen molar-refractivity contribution in [2.75, 3.05) is 6.54 Å². The molecule has 0 aliphatic carbocycles. The molecule has 7 heteroatoms. The fraction of sp³-hybridized carbons (Fsp3) is 0.333. The molecule has 0 bridgehead atoms. The van der Waals surface area contributed by atoms with Crippen LogP contribution in [0.1, 0.15) is 42.6 Å². The average Bonchev–Trinajstić information content (AvgIpc) is 3.16. The monoisotopic (exact) mass is 378 g/mol. The average molecular weight is 378 g/mol. The smallest absolute Gasteiger partial charge is 0.270 e. The summed E-state index contributed by atoms with van der Waals surface area (Å²) in [4.78, 5) is 22.1. The molecule has 0 unspecified atom stereocenters. The van der Waals surface area contributed by atoms with Crippen LogP contribution in [0, 0.1) is 10.1 Å². The van der Waals surface area contributed by atoms with E-state index in [9.17, 15) is 10.1 Å². The number of rotatable bonds is 5. The number of non-ortho nitro benzene ring substituents is 1. The molecule has 1 aliphatic rings. The third-order valence-corrected chi connectivity index (χ3v) is 4.93. The van der Waals surface area contributed by atoms with Crippen LogP contribution in [-0.2, 0) is 19.5 Å². The first kappa shape index (κ1) is 18.3. The number of furan rings is 1. The summed E-state index contributed by atoms with van der Waals surface area (Å²) < 4.78 is 5.95. The van der Waals surface area contributed by atoms with Gasteiger partial charge in [-0.05, 0) is 12.1 Å². The van der Waals surface area contributed by atoms with Crippen molar-refractivity contribution in [1.29, 1.82) is 0 Å². The number of aromatic nitrogens is 2. The minimum Gasteiger partial charge on any atom is -0.460 e. The Morgan fingerprint density at radius 2 is 2.14 bits per heavy atom. The summed E-state index contributed by atoms with van der Waals surface area (Å²) >= 11 is 0. The van der Waals surface area contributed by atoms with Crippen LogP contribution in [0.3, 0.4) is 0 Å². The number of nitro benzene ring substituents is 1. The molecule has 7 nitrogen and oxygen atoms in total. The van der Waals surface area contributed by atoms with Gasteiger partial charge in [-0.3, -0.25) is 15.0 Å². The van der Waals surface area contributed by atoms with Crippen LogP contribution in [0.5, 0.6) is 0 Å².